The first kappa shape index (κ1) is 9.53. The monoisotopic (exact) mass is 191 g/mol. The molecule has 1 aliphatic rings. The van der Waals surface area contributed by atoms with Crippen LogP contribution in [-0.2, 0) is 6.42 Å². The number of aryl methyl sites for hydroxylation is 2. The number of methoxy groups -OCH3 is 1. The molecule has 0 bridgehead atoms. The van der Waals surface area contributed by atoms with Crippen LogP contribution in [0.15, 0.2) is 12.1 Å². The van der Waals surface area contributed by atoms with E-state index in [1.165, 1.54) is 23.1 Å². The summed E-state index contributed by atoms with van der Waals surface area (Å²) in [5.41, 5.74) is 9.95. The summed E-state index contributed by atoms with van der Waals surface area (Å²) in [6, 6.07) is 4.47. The summed E-state index contributed by atoms with van der Waals surface area (Å²) in [5, 5.41) is 0. The lowest BCUT2D eigenvalue weighted by Crippen LogP contribution is -2.18. The summed E-state index contributed by atoms with van der Waals surface area (Å²) < 4.78 is 5.38. The number of ether oxygens (including phenoxy) is 1. The fourth-order valence-corrected chi connectivity index (χ4v) is 2.29. The van der Waals surface area contributed by atoms with Gasteiger partial charge in [-0.25, -0.2) is 0 Å². The van der Waals surface area contributed by atoms with E-state index in [2.05, 4.69) is 19.1 Å². The maximum Gasteiger partial charge on any atom is 0.124 e. The Morgan fingerprint density at radius 3 is 2.93 bits per heavy atom. The minimum atomic E-state index is 0.161. The van der Waals surface area contributed by atoms with Gasteiger partial charge in [-0.2, -0.15) is 0 Å². The molecule has 2 rings (SSSR count). The summed E-state index contributed by atoms with van der Waals surface area (Å²) in [4.78, 5) is 0. The van der Waals surface area contributed by atoms with Gasteiger partial charge in [-0.1, -0.05) is 6.07 Å². The number of fused-ring (bicyclic) bond motifs is 1. The molecule has 0 aromatic heterocycles. The van der Waals surface area contributed by atoms with Gasteiger partial charge in [-0.3, -0.25) is 0 Å². The lowest BCUT2D eigenvalue weighted by molar-refractivity contribution is 0.398. The molecule has 0 radical (unpaired) electrons. The van der Waals surface area contributed by atoms with Gasteiger partial charge >= 0.3 is 0 Å². The number of hydrogen-bond acceptors (Lipinski definition) is 2. The Kier molecular flexibility index (Phi) is 2.46. The van der Waals surface area contributed by atoms with Crippen molar-refractivity contribution in [3.8, 4) is 5.75 Å². The highest BCUT2D eigenvalue weighted by atomic mass is 16.5. The van der Waals surface area contributed by atoms with Crippen molar-refractivity contribution in [2.24, 2.45) is 5.73 Å². The Morgan fingerprint density at radius 1 is 1.43 bits per heavy atom. The van der Waals surface area contributed by atoms with Crippen molar-refractivity contribution in [1.29, 1.82) is 0 Å². The van der Waals surface area contributed by atoms with Crippen LogP contribution < -0.4 is 10.5 Å². The molecule has 1 atom stereocenters. The van der Waals surface area contributed by atoms with Crippen LogP contribution in [0, 0.1) is 6.92 Å². The molecule has 0 fully saturated rings. The van der Waals surface area contributed by atoms with Crippen molar-refractivity contribution < 1.29 is 4.74 Å². The molecule has 76 valence electrons. The van der Waals surface area contributed by atoms with E-state index in [1.54, 1.807) is 7.11 Å². The van der Waals surface area contributed by atoms with Crippen LogP contribution in [0.2, 0.25) is 0 Å². The SMILES string of the molecule is COc1cc(C)cc2c1[C@H](N)CCC2. The first-order chi connectivity index (χ1) is 6.72. The molecule has 2 nitrogen and oxygen atoms in total. The van der Waals surface area contributed by atoms with Gasteiger partial charge in [0.1, 0.15) is 5.75 Å². The summed E-state index contributed by atoms with van der Waals surface area (Å²) in [6.45, 7) is 2.10. The Labute approximate surface area is 85.1 Å². The van der Waals surface area contributed by atoms with Crippen molar-refractivity contribution in [2.45, 2.75) is 32.2 Å². The normalized spacial score (nSPS) is 20.4. The van der Waals surface area contributed by atoms with Crippen LogP contribution in [-0.4, -0.2) is 7.11 Å². The topological polar surface area (TPSA) is 35.2 Å². The van der Waals surface area contributed by atoms with Crippen LogP contribution in [0.5, 0.6) is 5.75 Å². The standard InChI is InChI=1S/C12H17NO/c1-8-6-9-4-3-5-10(13)12(9)11(7-8)14-2/h6-7,10H,3-5,13H2,1-2H3/t10-/m1/s1. The summed E-state index contributed by atoms with van der Waals surface area (Å²) >= 11 is 0. The summed E-state index contributed by atoms with van der Waals surface area (Å²) in [6.07, 6.45) is 3.41. The molecule has 0 saturated carbocycles. The van der Waals surface area contributed by atoms with Crippen molar-refractivity contribution in [3.05, 3.63) is 28.8 Å². The second kappa shape index (κ2) is 3.62. The smallest absolute Gasteiger partial charge is 0.124 e. The van der Waals surface area contributed by atoms with Crippen LogP contribution in [0.3, 0.4) is 0 Å². The molecule has 14 heavy (non-hydrogen) atoms. The van der Waals surface area contributed by atoms with Gasteiger partial charge < -0.3 is 10.5 Å². The van der Waals surface area contributed by atoms with Crippen molar-refractivity contribution >= 4 is 0 Å². The predicted octanol–water partition coefficient (Wildman–Crippen LogP) is 2.34. The Morgan fingerprint density at radius 2 is 2.21 bits per heavy atom. The molecule has 0 spiro atoms. The number of rotatable bonds is 1. The third-order valence-electron chi connectivity index (χ3n) is 2.92. The quantitative estimate of drug-likeness (QED) is 0.739. The van der Waals surface area contributed by atoms with Crippen LogP contribution in [0.1, 0.15) is 35.6 Å². The van der Waals surface area contributed by atoms with Crippen LogP contribution in [0.25, 0.3) is 0 Å². The van der Waals surface area contributed by atoms with E-state index in [0.29, 0.717) is 0 Å². The number of benzene rings is 1. The maximum absolute atomic E-state index is 6.09. The van der Waals surface area contributed by atoms with Crippen molar-refractivity contribution in [3.63, 3.8) is 0 Å². The van der Waals surface area contributed by atoms with Gasteiger partial charge in [0.25, 0.3) is 0 Å². The van der Waals surface area contributed by atoms with E-state index in [0.717, 1.165) is 18.6 Å². The largest absolute Gasteiger partial charge is 0.496 e. The van der Waals surface area contributed by atoms with Crippen molar-refractivity contribution in [2.75, 3.05) is 7.11 Å². The molecule has 1 aliphatic carbocycles. The lowest BCUT2D eigenvalue weighted by Gasteiger charge is -2.24. The number of nitrogens with two attached hydrogens (primary N) is 1. The number of hydrogen-bond donors (Lipinski definition) is 1. The van der Waals surface area contributed by atoms with Gasteiger partial charge in [-0.15, -0.1) is 0 Å². The molecule has 1 aromatic carbocycles. The summed E-state index contributed by atoms with van der Waals surface area (Å²) in [7, 11) is 1.72. The van der Waals surface area contributed by atoms with E-state index in [-0.39, 0.29) is 6.04 Å². The Balaban J connectivity index is 2.55. The van der Waals surface area contributed by atoms with E-state index < -0.39 is 0 Å². The van der Waals surface area contributed by atoms with E-state index in [1.807, 2.05) is 0 Å². The third kappa shape index (κ3) is 1.50. The zero-order valence-corrected chi connectivity index (χ0v) is 8.84. The molecule has 0 unspecified atom stereocenters. The van der Waals surface area contributed by atoms with E-state index in [9.17, 15) is 0 Å². The van der Waals surface area contributed by atoms with Crippen LogP contribution >= 0.6 is 0 Å². The van der Waals surface area contributed by atoms with Gasteiger partial charge in [0, 0.05) is 11.6 Å². The minimum Gasteiger partial charge on any atom is -0.496 e. The van der Waals surface area contributed by atoms with E-state index in [4.69, 9.17) is 10.5 Å². The fourth-order valence-electron chi connectivity index (χ4n) is 2.29. The van der Waals surface area contributed by atoms with Crippen LogP contribution in [0.4, 0.5) is 0 Å². The van der Waals surface area contributed by atoms with E-state index >= 15 is 0 Å². The molecule has 0 aliphatic heterocycles. The fraction of sp³-hybridized carbons (Fsp3) is 0.500. The molecular weight excluding hydrogens is 174 g/mol. The van der Waals surface area contributed by atoms with Gasteiger partial charge in [-0.05, 0) is 43.4 Å². The highest BCUT2D eigenvalue weighted by molar-refractivity contribution is 5.46. The predicted molar refractivity (Wildman–Crippen MR) is 57.6 cm³/mol. The summed E-state index contributed by atoms with van der Waals surface area (Å²) in [5.74, 6) is 0.965. The molecule has 0 saturated heterocycles. The molecule has 2 heteroatoms. The Hall–Kier alpha value is -1.02. The minimum absolute atomic E-state index is 0.161. The molecule has 1 aromatic rings. The third-order valence-corrected chi connectivity index (χ3v) is 2.92. The van der Waals surface area contributed by atoms with Gasteiger partial charge in [0.05, 0.1) is 7.11 Å². The lowest BCUT2D eigenvalue weighted by atomic mass is 9.86. The molecule has 0 amide bonds. The first-order valence-corrected chi connectivity index (χ1v) is 5.15. The Bertz CT molecular complexity index is 329. The zero-order chi connectivity index (χ0) is 10.1. The zero-order valence-electron chi connectivity index (χ0n) is 8.84. The molecular formula is C12H17NO. The maximum atomic E-state index is 6.09. The van der Waals surface area contributed by atoms with Gasteiger partial charge in [0.15, 0.2) is 0 Å². The highest BCUT2D eigenvalue weighted by Gasteiger charge is 2.21. The average molecular weight is 191 g/mol. The average Bonchev–Trinajstić information content (AvgIpc) is 2.16. The second-order valence-corrected chi connectivity index (χ2v) is 4.04. The van der Waals surface area contributed by atoms with Gasteiger partial charge in [0.2, 0.25) is 0 Å². The molecule has 2 N–H and O–H groups in total. The first-order valence-electron chi connectivity index (χ1n) is 5.15. The second-order valence-electron chi connectivity index (χ2n) is 4.04. The molecule has 0 heterocycles. The highest BCUT2D eigenvalue weighted by Crippen LogP contribution is 2.35. The van der Waals surface area contributed by atoms with Crippen molar-refractivity contribution in [1.82, 2.24) is 0 Å².